The van der Waals surface area contributed by atoms with Crippen molar-refractivity contribution in [3.63, 3.8) is 0 Å². The fourth-order valence-corrected chi connectivity index (χ4v) is 1.35. The molecule has 1 aromatic rings. The number of hydrogen-bond acceptors (Lipinski definition) is 1. The zero-order valence-corrected chi connectivity index (χ0v) is 9.57. The van der Waals surface area contributed by atoms with Crippen molar-refractivity contribution in [2.45, 2.75) is 39.8 Å². The first-order chi connectivity index (χ1) is 7.26. The van der Waals surface area contributed by atoms with Gasteiger partial charge >= 0.3 is 0 Å². The second kappa shape index (κ2) is 6.22. The second-order valence-electron chi connectivity index (χ2n) is 3.62. The highest BCUT2D eigenvalue weighted by Gasteiger charge is 2.07. The van der Waals surface area contributed by atoms with Gasteiger partial charge in [0.1, 0.15) is 12.4 Å². The maximum absolute atomic E-state index is 11.4. The van der Waals surface area contributed by atoms with Gasteiger partial charge in [-0.1, -0.05) is 13.3 Å². The van der Waals surface area contributed by atoms with Gasteiger partial charge in [0, 0.05) is 6.54 Å². The van der Waals surface area contributed by atoms with Crippen molar-refractivity contribution in [3.05, 3.63) is 18.7 Å². The second-order valence-corrected chi connectivity index (χ2v) is 3.62. The van der Waals surface area contributed by atoms with Crippen LogP contribution in [0.3, 0.4) is 0 Å². The smallest absolute Gasteiger partial charge is 0.262 e. The van der Waals surface area contributed by atoms with Gasteiger partial charge < -0.3 is 5.32 Å². The van der Waals surface area contributed by atoms with Gasteiger partial charge in [-0.2, -0.15) is 0 Å². The highest BCUT2D eigenvalue weighted by atomic mass is 16.1. The highest BCUT2D eigenvalue weighted by Crippen LogP contribution is 1.84. The first kappa shape index (κ1) is 11.8. The number of carbonyl (C=O) groups excluding carboxylic acids is 1. The van der Waals surface area contributed by atoms with Gasteiger partial charge in [0.25, 0.3) is 5.91 Å². The summed E-state index contributed by atoms with van der Waals surface area (Å²) < 4.78 is 3.93. The van der Waals surface area contributed by atoms with E-state index in [0.717, 1.165) is 25.9 Å². The topological polar surface area (TPSA) is 37.9 Å². The van der Waals surface area contributed by atoms with Gasteiger partial charge in [-0.25, -0.2) is 9.13 Å². The van der Waals surface area contributed by atoms with Crippen LogP contribution in [-0.2, 0) is 17.9 Å². The van der Waals surface area contributed by atoms with E-state index in [0.29, 0.717) is 6.54 Å². The van der Waals surface area contributed by atoms with Crippen molar-refractivity contribution in [1.82, 2.24) is 9.88 Å². The molecule has 0 radical (unpaired) electrons. The summed E-state index contributed by atoms with van der Waals surface area (Å²) in [4.78, 5) is 11.4. The number of aryl methyl sites for hydroxylation is 1. The average Bonchev–Trinajstić information content (AvgIpc) is 2.66. The molecule has 1 amide bonds. The Morgan fingerprint density at radius 3 is 2.87 bits per heavy atom. The van der Waals surface area contributed by atoms with E-state index in [4.69, 9.17) is 0 Å². The number of nitrogens with zero attached hydrogens (tertiary/aromatic N) is 2. The van der Waals surface area contributed by atoms with E-state index in [9.17, 15) is 4.79 Å². The number of hydrogen-bond donors (Lipinski definition) is 1. The Bertz CT molecular complexity index is 307. The third-order valence-electron chi connectivity index (χ3n) is 2.29. The highest BCUT2D eigenvalue weighted by molar-refractivity contribution is 5.74. The first-order valence-corrected chi connectivity index (χ1v) is 5.57. The molecule has 0 atom stereocenters. The molecule has 0 aliphatic rings. The molecule has 15 heavy (non-hydrogen) atoms. The van der Waals surface area contributed by atoms with Crippen LogP contribution in [0.1, 0.15) is 26.7 Å². The molecule has 0 aromatic carbocycles. The van der Waals surface area contributed by atoms with Crippen LogP contribution in [0.15, 0.2) is 18.7 Å². The van der Waals surface area contributed by atoms with E-state index >= 15 is 0 Å². The largest absolute Gasteiger partial charge is 0.353 e. The summed E-state index contributed by atoms with van der Waals surface area (Å²) in [6.07, 6.45) is 7.99. The predicted octanol–water partition coefficient (Wildman–Crippen LogP) is 0.712. The number of unbranched alkanes of at least 4 members (excludes halogenated alkanes) is 1. The minimum Gasteiger partial charge on any atom is -0.353 e. The molecule has 0 spiro atoms. The van der Waals surface area contributed by atoms with Gasteiger partial charge in [-0.15, -0.1) is 0 Å². The van der Waals surface area contributed by atoms with Gasteiger partial charge in [0.15, 0.2) is 6.54 Å². The summed E-state index contributed by atoms with van der Waals surface area (Å²) in [6, 6.07) is 0. The molecule has 84 valence electrons. The summed E-state index contributed by atoms with van der Waals surface area (Å²) >= 11 is 0. The molecule has 0 unspecified atom stereocenters. The molecule has 0 saturated carbocycles. The van der Waals surface area contributed by atoms with Crippen molar-refractivity contribution in [2.24, 2.45) is 0 Å². The lowest BCUT2D eigenvalue weighted by Gasteiger charge is -2.01. The van der Waals surface area contributed by atoms with Crippen molar-refractivity contribution < 1.29 is 9.36 Å². The minimum absolute atomic E-state index is 0.0855. The number of imidazole rings is 1. The molecule has 1 aromatic heterocycles. The van der Waals surface area contributed by atoms with E-state index in [-0.39, 0.29) is 5.91 Å². The Balaban J connectivity index is 2.31. The maximum Gasteiger partial charge on any atom is 0.262 e. The van der Waals surface area contributed by atoms with E-state index in [1.54, 1.807) is 0 Å². The molecular weight excluding hydrogens is 190 g/mol. The molecule has 0 aliphatic heterocycles. The molecular formula is C11H20N3O+. The lowest BCUT2D eigenvalue weighted by molar-refractivity contribution is -0.684. The van der Waals surface area contributed by atoms with Crippen LogP contribution in [0.2, 0.25) is 0 Å². The molecule has 1 heterocycles. The third kappa shape index (κ3) is 4.14. The summed E-state index contributed by atoms with van der Waals surface area (Å²) in [6.45, 7) is 6.32. The van der Waals surface area contributed by atoms with E-state index in [2.05, 4.69) is 19.2 Å². The van der Waals surface area contributed by atoms with Crippen molar-refractivity contribution in [2.75, 3.05) is 6.54 Å². The Morgan fingerprint density at radius 2 is 2.27 bits per heavy atom. The van der Waals surface area contributed by atoms with Crippen molar-refractivity contribution in [1.29, 1.82) is 0 Å². The van der Waals surface area contributed by atoms with E-state index in [1.165, 1.54) is 0 Å². The van der Waals surface area contributed by atoms with Crippen LogP contribution in [0.5, 0.6) is 0 Å². The van der Waals surface area contributed by atoms with Crippen LogP contribution in [0.25, 0.3) is 0 Å². The minimum atomic E-state index is 0.0855. The lowest BCUT2D eigenvalue weighted by Crippen LogP contribution is -2.41. The summed E-state index contributed by atoms with van der Waals surface area (Å²) in [7, 11) is 0. The molecule has 1 N–H and O–H groups in total. The van der Waals surface area contributed by atoms with E-state index < -0.39 is 0 Å². The number of rotatable bonds is 6. The maximum atomic E-state index is 11.4. The molecule has 0 aliphatic carbocycles. The van der Waals surface area contributed by atoms with Gasteiger partial charge in [-0.3, -0.25) is 4.79 Å². The standard InChI is InChI=1S/C11H19N3O/c1-3-5-6-12-11(15)9-14-8-7-13(4-2)10-14/h7-8,10H,3-6,9H2,1-2H3/p+1. The van der Waals surface area contributed by atoms with Gasteiger partial charge in [0.05, 0.1) is 6.54 Å². The number of nitrogens with one attached hydrogen (secondary N) is 1. The molecule has 4 nitrogen and oxygen atoms in total. The third-order valence-corrected chi connectivity index (χ3v) is 2.29. The molecule has 0 bridgehead atoms. The van der Waals surface area contributed by atoms with Crippen LogP contribution in [-0.4, -0.2) is 17.0 Å². The molecule has 0 fully saturated rings. The van der Waals surface area contributed by atoms with Crippen LogP contribution in [0.4, 0.5) is 0 Å². The summed E-state index contributed by atoms with van der Waals surface area (Å²) in [5.74, 6) is 0.0855. The monoisotopic (exact) mass is 210 g/mol. The Kier molecular flexibility index (Phi) is 4.87. The molecule has 0 saturated heterocycles. The quantitative estimate of drug-likeness (QED) is 0.545. The Labute approximate surface area is 90.9 Å². The SMILES string of the molecule is CCCCNC(=O)C[n+]1ccn(CC)c1. The number of amides is 1. The number of aromatic nitrogens is 2. The van der Waals surface area contributed by atoms with Crippen molar-refractivity contribution in [3.8, 4) is 0 Å². The average molecular weight is 210 g/mol. The summed E-state index contributed by atoms with van der Waals surface area (Å²) in [5, 5.41) is 2.89. The lowest BCUT2D eigenvalue weighted by atomic mass is 10.3. The van der Waals surface area contributed by atoms with Gasteiger partial charge in [-0.05, 0) is 13.3 Å². The Hall–Kier alpha value is -1.32. The summed E-state index contributed by atoms with van der Waals surface area (Å²) in [5.41, 5.74) is 0. The normalized spacial score (nSPS) is 10.3. The van der Waals surface area contributed by atoms with Gasteiger partial charge in [0.2, 0.25) is 6.33 Å². The van der Waals surface area contributed by atoms with Crippen LogP contribution < -0.4 is 9.88 Å². The zero-order chi connectivity index (χ0) is 11.1. The van der Waals surface area contributed by atoms with E-state index in [1.807, 2.05) is 27.9 Å². The predicted molar refractivity (Wildman–Crippen MR) is 58.2 cm³/mol. The molecule has 1 rings (SSSR count). The number of carbonyl (C=O) groups is 1. The fraction of sp³-hybridized carbons (Fsp3) is 0.636. The Morgan fingerprint density at radius 1 is 1.47 bits per heavy atom. The fourth-order valence-electron chi connectivity index (χ4n) is 1.35. The van der Waals surface area contributed by atoms with Crippen molar-refractivity contribution >= 4 is 5.91 Å². The van der Waals surface area contributed by atoms with Crippen LogP contribution >= 0.6 is 0 Å². The molecule has 4 heteroatoms. The van der Waals surface area contributed by atoms with Crippen LogP contribution in [0, 0.1) is 0 Å². The zero-order valence-electron chi connectivity index (χ0n) is 9.57. The first-order valence-electron chi connectivity index (χ1n) is 5.57.